The van der Waals surface area contributed by atoms with E-state index in [9.17, 15) is 18.3 Å². The molecule has 0 spiro atoms. The highest BCUT2D eigenvalue weighted by Gasteiger charge is 2.27. The Hall–Kier alpha value is -0.590. The van der Waals surface area contributed by atoms with Crippen molar-refractivity contribution in [1.82, 2.24) is 4.90 Å². The Morgan fingerprint density at radius 1 is 1.42 bits per heavy atom. The molecule has 0 aliphatic rings. The molecule has 1 aromatic rings. The third-order valence-corrected chi connectivity index (χ3v) is 3.80. The molecule has 0 aliphatic carbocycles. The number of thiophene rings is 1. The number of halogens is 3. The van der Waals surface area contributed by atoms with Gasteiger partial charge in [0.1, 0.15) is 0 Å². The molecule has 1 heterocycles. The molecule has 2 nitrogen and oxygen atoms in total. The van der Waals surface area contributed by atoms with Crippen molar-refractivity contribution in [2.75, 3.05) is 13.2 Å². The van der Waals surface area contributed by atoms with Gasteiger partial charge in [-0.05, 0) is 41.8 Å². The second-order valence-corrected chi connectivity index (χ2v) is 5.35. The average molecular weight is 295 g/mol. The first-order valence-electron chi connectivity index (χ1n) is 6.39. The molecule has 0 saturated heterocycles. The maximum atomic E-state index is 12.2. The normalized spacial score (nSPS) is 14.0. The zero-order chi connectivity index (χ0) is 14.3. The molecular weight excluding hydrogens is 275 g/mol. The molecule has 6 heteroatoms. The van der Waals surface area contributed by atoms with E-state index in [2.05, 4.69) is 0 Å². The van der Waals surface area contributed by atoms with Crippen LogP contribution in [0.2, 0.25) is 0 Å². The predicted octanol–water partition coefficient (Wildman–Crippen LogP) is 3.66. The number of alkyl halides is 3. The lowest BCUT2D eigenvalue weighted by atomic mass is 10.1. The minimum absolute atomic E-state index is 0.0212. The number of rotatable bonds is 8. The lowest BCUT2D eigenvalue weighted by Gasteiger charge is -2.29. The highest BCUT2D eigenvalue weighted by Crippen LogP contribution is 2.22. The van der Waals surface area contributed by atoms with Crippen molar-refractivity contribution in [2.45, 2.75) is 44.9 Å². The third kappa shape index (κ3) is 6.40. The summed E-state index contributed by atoms with van der Waals surface area (Å²) in [5.41, 5.74) is 1.09. The van der Waals surface area contributed by atoms with Crippen LogP contribution in [0.3, 0.4) is 0 Å². The Kier molecular flexibility index (Phi) is 6.82. The van der Waals surface area contributed by atoms with E-state index in [0.29, 0.717) is 13.1 Å². The van der Waals surface area contributed by atoms with Gasteiger partial charge in [0.2, 0.25) is 0 Å². The molecule has 1 atom stereocenters. The number of nitrogens with zero attached hydrogens (tertiary/aromatic N) is 1. The van der Waals surface area contributed by atoms with Crippen molar-refractivity contribution in [3.8, 4) is 0 Å². The first-order valence-corrected chi connectivity index (χ1v) is 7.33. The molecule has 0 unspecified atom stereocenters. The Labute approximate surface area is 115 Å². The summed E-state index contributed by atoms with van der Waals surface area (Å²) in [6, 6.07) is 1.89. The zero-order valence-corrected chi connectivity index (χ0v) is 11.8. The van der Waals surface area contributed by atoms with E-state index >= 15 is 0 Å². The van der Waals surface area contributed by atoms with Gasteiger partial charge in [0.15, 0.2) is 0 Å². The van der Waals surface area contributed by atoms with Crippen LogP contribution in [0.5, 0.6) is 0 Å². The van der Waals surface area contributed by atoms with E-state index in [-0.39, 0.29) is 19.1 Å². The number of aliphatic hydroxyl groups excluding tert-OH is 1. The molecule has 0 fully saturated rings. The van der Waals surface area contributed by atoms with Crippen LogP contribution in [0.1, 0.15) is 31.7 Å². The number of hydrogen-bond donors (Lipinski definition) is 1. The van der Waals surface area contributed by atoms with E-state index in [4.69, 9.17) is 0 Å². The molecule has 1 aromatic heterocycles. The fraction of sp³-hybridized carbons (Fsp3) is 0.692. The summed E-state index contributed by atoms with van der Waals surface area (Å²) in [6.45, 7) is 2.87. The molecule has 110 valence electrons. The SMILES string of the molecule is CC[C@@H](CO)N(CCCC(F)(F)F)Cc1ccsc1. The van der Waals surface area contributed by atoms with Crippen LogP contribution in [-0.4, -0.2) is 35.4 Å². The molecule has 0 radical (unpaired) electrons. The van der Waals surface area contributed by atoms with Crippen molar-refractivity contribution in [1.29, 1.82) is 0 Å². The predicted molar refractivity (Wildman–Crippen MR) is 71.2 cm³/mol. The van der Waals surface area contributed by atoms with Crippen molar-refractivity contribution in [2.24, 2.45) is 0 Å². The van der Waals surface area contributed by atoms with Gasteiger partial charge < -0.3 is 5.11 Å². The Balaban J connectivity index is 2.54. The van der Waals surface area contributed by atoms with Crippen LogP contribution in [0.25, 0.3) is 0 Å². The van der Waals surface area contributed by atoms with Crippen LogP contribution in [0.15, 0.2) is 16.8 Å². The van der Waals surface area contributed by atoms with Crippen molar-refractivity contribution in [3.05, 3.63) is 22.4 Å². The number of aliphatic hydroxyl groups is 1. The van der Waals surface area contributed by atoms with Gasteiger partial charge in [-0.2, -0.15) is 24.5 Å². The monoisotopic (exact) mass is 295 g/mol. The fourth-order valence-corrected chi connectivity index (χ4v) is 2.65. The van der Waals surface area contributed by atoms with Crippen LogP contribution >= 0.6 is 11.3 Å². The Morgan fingerprint density at radius 3 is 2.63 bits per heavy atom. The summed E-state index contributed by atoms with van der Waals surface area (Å²) in [5.74, 6) is 0. The number of hydrogen-bond acceptors (Lipinski definition) is 3. The van der Waals surface area contributed by atoms with Crippen LogP contribution in [0.4, 0.5) is 13.2 Å². The van der Waals surface area contributed by atoms with Crippen LogP contribution < -0.4 is 0 Å². The van der Waals surface area contributed by atoms with Gasteiger partial charge in [0, 0.05) is 19.0 Å². The second kappa shape index (κ2) is 7.87. The molecule has 0 saturated carbocycles. The van der Waals surface area contributed by atoms with E-state index in [1.807, 2.05) is 28.7 Å². The fourth-order valence-electron chi connectivity index (χ4n) is 1.99. The molecule has 0 aromatic carbocycles. The minimum atomic E-state index is -4.10. The zero-order valence-electron chi connectivity index (χ0n) is 11.0. The van der Waals surface area contributed by atoms with Gasteiger partial charge in [0.05, 0.1) is 6.61 Å². The largest absolute Gasteiger partial charge is 0.395 e. The summed E-state index contributed by atoms with van der Waals surface area (Å²) >= 11 is 1.57. The second-order valence-electron chi connectivity index (χ2n) is 4.57. The van der Waals surface area contributed by atoms with Gasteiger partial charge in [0.25, 0.3) is 0 Å². The average Bonchev–Trinajstić information content (AvgIpc) is 2.81. The summed E-state index contributed by atoms with van der Waals surface area (Å²) < 4.78 is 36.5. The highest BCUT2D eigenvalue weighted by molar-refractivity contribution is 7.07. The topological polar surface area (TPSA) is 23.5 Å². The first-order chi connectivity index (χ1) is 8.96. The minimum Gasteiger partial charge on any atom is -0.395 e. The lowest BCUT2D eigenvalue weighted by Crippen LogP contribution is -2.38. The quantitative estimate of drug-likeness (QED) is 0.791. The highest BCUT2D eigenvalue weighted by atomic mass is 32.1. The lowest BCUT2D eigenvalue weighted by molar-refractivity contribution is -0.136. The molecule has 0 aliphatic heterocycles. The molecule has 0 amide bonds. The standard InChI is InChI=1S/C13H20F3NOS/c1-2-12(9-18)17(6-3-5-13(14,15)16)8-11-4-7-19-10-11/h4,7,10,12,18H,2-3,5-6,8-9H2,1H3/t12-/m0/s1. The van der Waals surface area contributed by atoms with Crippen LogP contribution in [-0.2, 0) is 6.54 Å². The summed E-state index contributed by atoms with van der Waals surface area (Å²) in [4.78, 5) is 1.94. The van der Waals surface area contributed by atoms with E-state index < -0.39 is 12.6 Å². The summed E-state index contributed by atoms with van der Waals surface area (Å²) in [6.07, 6.45) is -4.07. The molecule has 1 N–H and O–H groups in total. The first kappa shape index (κ1) is 16.5. The van der Waals surface area contributed by atoms with Gasteiger partial charge >= 0.3 is 6.18 Å². The van der Waals surface area contributed by atoms with Crippen molar-refractivity contribution in [3.63, 3.8) is 0 Å². The molecular formula is C13H20F3NOS. The van der Waals surface area contributed by atoms with E-state index in [0.717, 1.165) is 12.0 Å². The van der Waals surface area contributed by atoms with Crippen LogP contribution in [0, 0.1) is 0 Å². The van der Waals surface area contributed by atoms with Crippen molar-refractivity contribution >= 4 is 11.3 Å². The third-order valence-electron chi connectivity index (χ3n) is 3.07. The van der Waals surface area contributed by atoms with Gasteiger partial charge in [-0.3, -0.25) is 4.90 Å². The maximum absolute atomic E-state index is 12.2. The smallest absolute Gasteiger partial charge is 0.389 e. The molecule has 19 heavy (non-hydrogen) atoms. The molecule has 1 rings (SSSR count). The Morgan fingerprint density at radius 2 is 2.16 bits per heavy atom. The summed E-state index contributed by atoms with van der Waals surface area (Å²) in [5, 5.41) is 13.3. The molecule has 0 bridgehead atoms. The summed E-state index contributed by atoms with van der Waals surface area (Å²) in [7, 11) is 0. The van der Waals surface area contributed by atoms with Crippen molar-refractivity contribution < 1.29 is 18.3 Å². The Bertz CT molecular complexity index is 336. The van der Waals surface area contributed by atoms with Gasteiger partial charge in [-0.1, -0.05) is 6.92 Å². The van der Waals surface area contributed by atoms with Gasteiger partial charge in [-0.25, -0.2) is 0 Å². The van der Waals surface area contributed by atoms with E-state index in [1.54, 1.807) is 11.3 Å². The van der Waals surface area contributed by atoms with E-state index in [1.165, 1.54) is 0 Å². The van der Waals surface area contributed by atoms with Gasteiger partial charge in [-0.15, -0.1) is 0 Å². The maximum Gasteiger partial charge on any atom is 0.389 e.